The van der Waals surface area contributed by atoms with Crippen LogP contribution in [0.2, 0.25) is 0 Å². The minimum atomic E-state index is 0.502. The SMILES string of the molecule is Nc1nnn(-c2cccc3ncccc23)c1C1CC1. The van der Waals surface area contributed by atoms with Crippen molar-refractivity contribution < 1.29 is 0 Å². The standard InChI is InChI=1S/C14H13N5/c15-14-13(9-6-7-9)19(18-17-14)12-5-1-4-11-10(12)3-2-8-16-11/h1-5,8-9H,6-7,15H2. The van der Waals surface area contributed by atoms with E-state index in [1.165, 1.54) is 12.8 Å². The van der Waals surface area contributed by atoms with E-state index in [1.54, 1.807) is 6.20 Å². The second-order valence-electron chi connectivity index (χ2n) is 4.89. The minimum absolute atomic E-state index is 0.502. The van der Waals surface area contributed by atoms with E-state index in [-0.39, 0.29) is 0 Å². The van der Waals surface area contributed by atoms with Gasteiger partial charge in [0.2, 0.25) is 0 Å². The third kappa shape index (κ3) is 1.58. The lowest BCUT2D eigenvalue weighted by Gasteiger charge is -2.08. The molecule has 5 nitrogen and oxygen atoms in total. The third-order valence-corrected chi connectivity index (χ3v) is 3.55. The first kappa shape index (κ1) is 10.5. The Hall–Kier alpha value is -2.43. The molecule has 0 unspecified atom stereocenters. The molecule has 0 bridgehead atoms. The Bertz CT molecular complexity index is 752. The molecule has 1 aliphatic carbocycles. The molecule has 1 saturated carbocycles. The number of fused-ring (bicyclic) bond motifs is 1. The van der Waals surface area contributed by atoms with Crippen molar-refractivity contribution in [3.8, 4) is 5.69 Å². The van der Waals surface area contributed by atoms with Crippen molar-refractivity contribution >= 4 is 16.7 Å². The van der Waals surface area contributed by atoms with Crippen molar-refractivity contribution in [3.63, 3.8) is 0 Å². The molecule has 2 N–H and O–H groups in total. The number of aromatic nitrogens is 4. The van der Waals surface area contributed by atoms with Gasteiger partial charge in [0.25, 0.3) is 0 Å². The Morgan fingerprint density at radius 3 is 2.89 bits per heavy atom. The summed E-state index contributed by atoms with van der Waals surface area (Å²) < 4.78 is 1.87. The summed E-state index contributed by atoms with van der Waals surface area (Å²) in [6, 6.07) is 9.99. The van der Waals surface area contributed by atoms with Crippen molar-refractivity contribution in [2.75, 3.05) is 5.73 Å². The van der Waals surface area contributed by atoms with E-state index in [0.29, 0.717) is 11.7 Å². The van der Waals surface area contributed by atoms with E-state index in [4.69, 9.17) is 5.73 Å². The van der Waals surface area contributed by atoms with E-state index in [9.17, 15) is 0 Å². The average Bonchev–Trinajstić information content (AvgIpc) is 3.21. The number of rotatable bonds is 2. The number of hydrogen-bond acceptors (Lipinski definition) is 4. The molecule has 1 aromatic carbocycles. The summed E-state index contributed by atoms with van der Waals surface area (Å²) in [5.41, 5.74) is 8.94. The second kappa shape index (κ2) is 3.78. The first-order valence-corrected chi connectivity index (χ1v) is 6.40. The molecule has 2 heterocycles. The van der Waals surface area contributed by atoms with E-state index in [2.05, 4.69) is 15.3 Å². The summed E-state index contributed by atoms with van der Waals surface area (Å²) in [6.07, 6.45) is 4.13. The number of benzene rings is 1. The quantitative estimate of drug-likeness (QED) is 0.758. The van der Waals surface area contributed by atoms with Gasteiger partial charge in [-0.1, -0.05) is 11.3 Å². The Labute approximate surface area is 110 Å². The van der Waals surface area contributed by atoms with Crippen molar-refractivity contribution in [2.24, 2.45) is 0 Å². The number of pyridine rings is 1. The fourth-order valence-corrected chi connectivity index (χ4v) is 2.49. The lowest BCUT2D eigenvalue weighted by molar-refractivity contribution is 0.768. The monoisotopic (exact) mass is 251 g/mol. The molecule has 0 aliphatic heterocycles. The molecular formula is C14H13N5. The number of anilines is 1. The average molecular weight is 251 g/mol. The van der Waals surface area contributed by atoms with E-state index in [1.807, 2.05) is 35.0 Å². The number of nitrogen functional groups attached to an aromatic ring is 1. The zero-order chi connectivity index (χ0) is 12.8. The Morgan fingerprint density at radius 2 is 2.05 bits per heavy atom. The van der Waals surface area contributed by atoms with Crippen LogP contribution in [0.15, 0.2) is 36.5 Å². The number of nitrogens with two attached hydrogens (primary N) is 1. The molecule has 4 rings (SSSR count). The smallest absolute Gasteiger partial charge is 0.169 e. The van der Waals surface area contributed by atoms with Gasteiger partial charge in [-0.3, -0.25) is 4.98 Å². The highest BCUT2D eigenvalue weighted by Gasteiger charge is 2.31. The van der Waals surface area contributed by atoms with Crippen LogP contribution in [0.3, 0.4) is 0 Å². The molecule has 0 amide bonds. The summed E-state index contributed by atoms with van der Waals surface area (Å²) in [7, 11) is 0. The fraction of sp³-hybridized carbons (Fsp3) is 0.214. The maximum absolute atomic E-state index is 5.95. The first-order valence-electron chi connectivity index (χ1n) is 6.40. The van der Waals surface area contributed by atoms with Gasteiger partial charge >= 0.3 is 0 Å². The summed E-state index contributed by atoms with van der Waals surface area (Å²) >= 11 is 0. The van der Waals surface area contributed by atoms with Crippen LogP contribution in [0.25, 0.3) is 16.6 Å². The van der Waals surface area contributed by atoms with Crippen LogP contribution < -0.4 is 5.73 Å². The predicted molar refractivity (Wildman–Crippen MR) is 73.0 cm³/mol. The van der Waals surface area contributed by atoms with Gasteiger partial charge in [-0.2, -0.15) is 0 Å². The lowest BCUT2D eigenvalue weighted by atomic mass is 10.1. The zero-order valence-corrected chi connectivity index (χ0v) is 10.3. The molecule has 1 fully saturated rings. The number of nitrogens with zero attached hydrogens (tertiary/aromatic N) is 4. The Kier molecular flexibility index (Phi) is 2.09. The molecule has 1 aliphatic rings. The van der Waals surface area contributed by atoms with Crippen LogP contribution >= 0.6 is 0 Å². The molecule has 0 atom stereocenters. The number of hydrogen-bond donors (Lipinski definition) is 1. The minimum Gasteiger partial charge on any atom is -0.381 e. The van der Waals surface area contributed by atoms with Crippen molar-refractivity contribution in [1.29, 1.82) is 0 Å². The van der Waals surface area contributed by atoms with Gasteiger partial charge in [0, 0.05) is 17.5 Å². The van der Waals surface area contributed by atoms with Gasteiger partial charge in [0.05, 0.1) is 16.9 Å². The largest absolute Gasteiger partial charge is 0.381 e. The fourth-order valence-electron chi connectivity index (χ4n) is 2.49. The van der Waals surface area contributed by atoms with Crippen molar-refractivity contribution in [1.82, 2.24) is 20.0 Å². The molecule has 0 spiro atoms. The van der Waals surface area contributed by atoms with Gasteiger partial charge in [-0.15, -0.1) is 5.10 Å². The van der Waals surface area contributed by atoms with E-state index >= 15 is 0 Å². The van der Waals surface area contributed by atoms with Gasteiger partial charge in [-0.25, -0.2) is 4.68 Å². The van der Waals surface area contributed by atoms with Crippen LogP contribution in [0.4, 0.5) is 5.82 Å². The van der Waals surface area contributed by atoms with Crippen LogP contribution in [-0.4, -0.2) is 20.0 Å². The molecule has 94 valence electrons. The summed E-state index contributed by atoms with van der Waals surface area (Å²) in [6.45, 7) is 0. The lowest BCUT2D eigenvalue weighted by Crippen LogP contribution is -2.03. The zero-order valence-electron chi connectivity index (χ0n) is 10.3. The summed E-state index contributed by atoms with van der Waals surface area (Å²) in [4.78, 5) is 4.37. The highest BCUT2D eigenvalue weighted by atomic mass is 15.4. The van der Waals surface area contributed by atoms with Crippen molar-refractivity contribution in [3.05, 3.63) is 42.2 Å². The van der Waals surface area contributed by atoms with Crippen LogP contribution in [0, 0.1) is 0 Å². The highest BCUT2D eigenvalue weighted by Crippen LogP contribution is 2.43. The van der Waals surface area contributed by atoms with Crippen LogP contribution in [0.1, 0.15) is 24.5 Å². The topological polar surface area (TPSA) is 69.6 Å². The molecule has 5 heteroatoms. The van der Waals surface area contributed by atoms with E-state index < -0.39 is 0 Å². The van der Waals surface area contributed by atoms with E-state index in [0.717, 1.165) is 22.3 Å². The maximum atomic E-state index is 5.95. The van der Waals surface area contributed by atoms with Gasteiger partial charge < -0.3 is 5.73 Å². The first-order chi connectivity index (χ1) is 9.34. The predicted octanol–water partition coefficient (Wildman–Crippen LogP) is 2.28. The van der Waals surface area contributed by atoms with Crippen molar-refractivity contribution in [2.45, 2.75) is 18.8 Å². The Balaban J connectivity index is 2.00. The van der Waals surface area contributed by atoms with Gasteiger partial charge in [0.1, 0.15) is 0 Å². The third-order valence-electron chi connectivity index (χ3n) is 3.55. The molecule has 0 radical (unpaired) electrons. The van der Waals surface area contributed by atoms with Crippen LogP contribution in [0.5, 0.6) is 0 Å². The van der Waals surface area contributed by atoms with Crippen LogP contribution in [-0.2, 0) is 0 Å². The van der Waals surface area contributed by atoms with Gasteiger partial charge in [0.15, 0.2) is 5.82 Å². The second-order valence-corrected chi connectivity index (χ2v) is 4.89. The molecule has 2 aromatic heterocycles. The maximum Gasteiger partial charge on any atom is 0.169 e. The summed E-state index contributed by atoms with van der Waals surface area (Å²) in [5.74, 6) is 1.05. The Morgan fingerprint density at radius 1 is 1.16 bits per heavy atom. The molecular weight excluding hydrogens is 238 g/mol. The normalized spacial score (nSPS) is 14.9. The highest BCUT2D eigenvalue weighted by molar-refractivity contribution is 5.87. The van der Waals surface area contributed by atoms with Gasteiger partial charge in [-0.05, 0) is 37.1 Å². The molecule has 0 saturated heterocycles. The molecule has 3 aromatic rings. The summed E-state index contributed by atoms with van der Waals surface area (Å²) in [5, 5.41) is 9.31. The molecule has 19 heavy (non-hydrogen) atoms.